The number of amides is 1. The fourth-order valence-corrected chi connectivity index (χ4v) is 3.09. The Bertz CT molecular complexity index is 334. The summed E-state index contributed by atoms with van der Waals surface area (Å²) in [5, 5.41) is 6.65. The molecule has 1 atom stereocenters. The Balaban J connectivity index is 2.33. The number of hydrogen-bond acceptors (Lipinski definition) is 4. The molecule has 23 heavy (non-hydrogen) atoms. The fourth-order valence-electron chi connectivity index (χ4n) is 3.09. The van der Waals surface area contributed by atoms with E-state index in [9.17, 15) is 4.79 Å². The van der Waals surface area contributed by atoms with Gasteiger partial charge in [0.15, 0.2) is 0 Å². The lowest BCUT2D eigenvalue weighted by Gasteiger charge is -2.34. The molecular weight excluding hydrogens is 290 g/mol. The Morgan fingerprint density at radius 2 is 1.87 bits per heavy atom. The summed E-state index contributed by atoms with van der Waals surface area (Å²) in [4.78, 5) is 14.4. The lowest BCUT2D eigenvalue weighted by Crippen LogP contribution is -2.50. The molecule has 0 aliphatic carbocycles. The summed E-state index contributed by atoms with van der Waals surface area (Å²) in [6.07, 6.45) is 5.50. The van der Waals surface area contributed by atoms with Crippen LogP contribution in [-0.4, -0.2) is 54.9 Å². The topological polar surface area (TPSA) is 53.6 Å². The molecule has 0 radical (unpaired) electrons. The van der Waals surface area contributed by atoms with E-state index in [2.05, 4.69) is 29.4 Å². The number of nitrogens with one attached hydrogen (secondary N) is 2. The van der Waals surface area contributed by atoms with E-state index in [-0.39, 0.29) is 6.09 Å². The first-order valence-corrected chi connectivity index (χ1v) is 9.29. The predicted octanol–water partition coefficient (Wildman–Crippen LogP) is 3.14. The minimum Gasteiger partial charge on any atom is -0.444 e. The molecule has 1 rings (SSSR count). The van der Waals surface area contributed by atoms with Crippen molar-refractivity contribution >= 4 is 6.09 Å². The summed E-state index contributed by atoms with van der Waals surface area (Å²) < 4.78 is 5.31. The average Bonchev–Trinajstić information content (AvgIpc) is 2.45. The highest BCUT2D eigenvalue weighted by atomic mass is 16.6. The highest BCUT2D eigenvalue weighted by molar-refractivity contribution is 5.67. The van der Waals surface area contributed by atoms with Crippen LogP contribution in [0.15, 0.2) is 0 Å². The maximum Gasteiger partial charge on any atom is 0.407 e. The van der Waals surface area contributed by atoms with Gasteiger partial charge < -0.3 is 20.3 Å². The van der Waals surface area contributed by atoms with E-state index >= 15 is 0 Å². The van der Waals surface area contributed by atoms with Gasteiger partial charge in [-0.25, -0.2) is 4.79 Å². The smallest absolute Gasteiger partial charge is 0.407 e. The van der Waals surface area contributed by atoms with E-state index in [0.717, 1.165) is 12.8 Å². The summed E-state index contributed by atoms with van der Waals surface area (Å²) >= 11 is 0. The van der Waals surface area contributed by atoms with Crippen LogP contribution in [0.2, 0.25) is 0 Å². The average molecular weight is 328 g/mol. The van der Waals surface area contributed by atoms with Crippen LogP contribution >= 0.6 is 0 Å². The monoisotopic (exact) mass is 327 g/mol. The standard InChI is InChI=1S/C18H37N3O2/c1-6-8-16(14-19-17(22)23-18(3,4)5)20-15-9-12-21(11-7-2)13-10-15/h15-16,20H,6-14H2,1-5H3,(H,19,22). The van der Waals surface area contributed by atoms with Crippen molar-refractivity contribution in [1.29, 1.82) is 0 Å². The van der Waals surface area contributed by atoms with Gasteiger partial charge in [-0.1, -0.05) is 20.3 Å². The molecule has 1 aliphatic heterocycles. The van der Waals surface area contributed by atoms with E-state index in [0.29, 0.717) is 18.6 Å². The van der Waals surface area contributed by atoms with Gasteiger partial charge in [-0.3, -0.25) is 0 Å². The second kappa shape index (κ2) is 10.1. The maximum atomic E-state index is 11.8. The lowest BCUT2D eigenvalue weighted by atomic mass is 10.0. The molecule has 1 unspecified atom stereocenters. The van der Waals surface area contributed by atoms with Crippen molar-refractivity contribution in [2.45, 2.75) is 84.4 Å². The molecule has 1 saturated heterocycles. The zero-order chi connectivity index (χ0) is 17.3. The molecule has 0 bridgehead atoms. The van der Waals surface area contributed by atoms with Crippen LogP contribution in [0, 0.1) is 0 Å². The molecule has 0 saturated carbocycles. The van der Waals surface area contributed by atoms with Crippen LogP contribution in [0.5, 0.6) is 0 Å². The number of rotatable bonds is 8. The number of piperidine rings is 1. The van der Waals surface area contributed by atoms with E-state index in [1.54, 1.807) is 0 Å². The van der Waals surface area contributed by atoms with Crippen molar-refractivity contribution in [3.63, 3.8) is 0 Å². The molecule has 0 aromatic heterocycles. The van der Waals surface area contributed by atoms with E-state index in [1.165, 1.54) is 38.9 Å². The summed E-state index contributed by atoms with van der Waals surface area (Å²) in [5.74, 6) is 0. The van der Waals surface area contributed by atoms with Crippen LogP contribution in [0.25, 0.3) is 0 Å². The van der Waals surface area contributed by atoms with Crippen LogP contribution in [0.1, 0.15) is 66.7 Å². The molecule has 0 spiro atoms. The molecular formula is C18H37N3O2. The fraction of sp³-hybridized carbons (Fsp3) is 0.944. The molecule has 0 aromatic rings. The number of carbonyl (C=O) groups excluding carboxylic acids is 1. The quantitative estimate of drug-likeness (QED) is 0.719. The van der Waals surface area contributed by atoms with Crippen molar-refractivity contribution in [3.05, 3.63) is 0 Å². The van der Waals surface area contributed by atoms with Crippen molar-refractivity contribution in [1.82, 2.24) is 15.5 Å². The molecule has 136 valence electrons. The normalized spacial score (nSPS) is 18.7. The molecule has 1 amide bonds. The van der Waals surface area contributed by atoms with Gasteiger partial charge in [0.1, 0.15) is 5.60 Å². The number of likely N-dealkylation sites (tertiary alicyclic amines) is 1. The number of ether oxygens (including phenoxy) is 1. The van der Waals surface area contributed by atoms with Gasteiger partial charge in [0.25, 0.3) is 0 Å². The van der Waals surface area contributed by atoms with Crippen LogP contribution in [0.4, 0.5) is 4.79 Å². The van der Waals surface area contributed by atoms with Gasteiger partial charge in [0.2, 0.25) is 0 Å². The van der Waals surface area contributed by atoms with Gasteiger partial charge in [-0.2, -0.15) is 0 Å². The molecule has 2 N–H and O–H groups in total. The zero-order valence-corrected chi connectivity index (χ0v) is 15.8. The van der Waals surface area contributed by atoms with Gasteiger partial charge in [0.05, 0.1) is 0 Å². The highest BCUT2D eigenvalue weighted by Gasteiger charge is 2.22. The Kier molecular flexibility index (Phi) is 8.92. The molecule has 1 aliphatic rings. The number of hydrogen-bond donors (Lipinski definition) is 2. The van der Waals surface area contributed by atoms with E-state index < -0.39 is 5.60 Å². The van der Waals surface area contributed by atoms with Crippen LogP contribution < -0.4 is 10.6 Å². The van der Waals surface area contributed by atoms with Crippen LogP contribution in [-0.2, 0) is 4.74 Å². The van der Waals surface area contributed by atoms with Gasteiger partial charge in [-0.05, 0) is 66.1 Å². The third-order valence-corrected chi connectivity index (χ3v) is 4.13. The Labute approximate surface area is 142 Å². The Hall–Kier alpha value is -0.810. The number of alkyl carbamates (subject to hydrolysis) is 1. The lowest BCUT2D eigenvalue weighted by molar-refractivity contribution is 0.0519. The van der Waals surface area contributed by atoms with Gasteiger partial charge >= 0.3 is 6.09 Å². The van der Waals surface area contributed by atoms with Gasteiger partial charge in [-0.15, -0.1) is 0 Å². The minimum absolute atomic E-state index is 0.321. The SMILES string of the molecule is CCCC(CNC(=O)OC(C)(C)C)NC1CCN(CCC)CC1. The third-order valence-electron chi connectivity index (χ3n) is 4.13. The third kappa shape index (κ3) is 9.16. The van der Waals surface area contributed by atoms with E-state index in [1.807, 2.05) is 20.8 Å². The largest absolute Gasteiger partial charge is 0.444 e. The second-order valence-electron chi connectivity index (χ2n) is 7.65. The summed E-state index contributed by atoms with van der Waals surface area (Å²) in [6.45, 7) is 14.3. The van der Waals surface area contributed by atoms with E-state index in [4.69, 9.17) is 4.74 Å². The summed E-state index contributed by atoms with van der Waals surface area (Å²) in [6, 6.07) is 0.898. The maximum absolute atomic E-state index is 11.8. The second-order valence-corrected chi connectivity index (χ2v) is 7.65. The summed E-state index contributed by atoms with van der Waals surface area (Å²) in [5.41, 5.74) is -0.441. The Morgan fingerprint density at radius 3 is 2.39 bits per heavy atom. The highest BCUT2D eigenvalue weighted by Crippen LogP contribution is 2.12. The summed E-state index contributed by atoms with van der Waals surface area (Å²) in [7, 11) is 0. The van der Waals surface area contributed by atoms with Crippen molar-refractivity contribution in [3.8, 4) is 0 Å². The van der Waals surface area contributed by atoms with Crippen LogP contribution in [0.3, 0.4) is 0 Å². The number of nitrogens with zero attached hydrogens (tertiary/aromatic N) is 1. The minimum atomic E-state index is -0.441. The first-order chi connectivity index (χ1) is 10.8. The first kappa shape index (κ1) is 20.2. The first-order valence-electron chi connectivity index (χ1n) is 9.29. The molecule has 1 heterocycles. The predicted molar refractivity (Wildman–Crippen MR) is 95.8 cm³/mol. The molecule has 1 fully saturated rings. The van der Waals surface area contributed by atoms with Crippen molar-refractivity contribution < 1.29 is 9.53 Å². The van der Waals surface area contributed by atoms with Gasteiger partial charge in [0, 0.05) is 18.6 Å². The molecule has 5 nitrogen and oxygen atoms in total. The zero-order valence-electron chi connectivity index (χ0n) is 15.8. The Morgan fingerprint density at radius 1 is 1.22 bits per heavy atom. The molecule has 0 aromatic carbocycles. The van der Waals surface area contributed by atoms with Crippen molar-refractivity contribution in [2.24, 2.45) is 0 Å². The van der Waals surface area contributed by atoms with Crippen molar-refractivity contribution in [2.75, 3.05) is 26.2 Å². The molecule has 5 heteroatoms. The number of carbonyl (C=O) groups is 1.